The van der Waals surface area contributed by atoms with Crippen molar-refractivity contribution in [3.63, 3.8) is 0 Å². The van der Waals surface area contributed by atoms with Gasteiger partial charge in [0.1, 0.15) is 36.6 Å². The molecule has 0 aliphatic carbocycles. The minimum absolute atomic E-state index is 0.191. The van der Waals surface area contributed by atoms with Crippen molar-refractivity contribution in [1.82, 2.24) is 4.90 Å². The summed E-state index contributed by atoms with van der Waals surface area (Å²) in [5.41, 5.74) is 0. The third-order valence-corrected chi connectivity index (χ3v) is 3.29. The zero-order valence-corrected chi connectivity index (χ0v) is 13.3. The second-order valence-corrected chi connectivity index (χ2v) is 5.38. The first-order valence-corrected chi connectivity index (χ1v) is 7.60. The summed E-state index contributed by atoms with van der Waals surface area (Å²) in [5, 5.41) is 19.2. The maximum Gasteiger partial charge on any atom is 0.119 e. The Labute approximate surface area is 136 Å². The Balaban J connectivity index is 1.62. The van der Waals surface area contributed by atoms with Crippen molar-refractivity contribution in [3.8, 4) is 17.2 Å². The van der Waals surface area contributed by atoms with E-state index >= 15 is 0 Å². The largest absolute Gasteiger partial charge is 0.508 e. The van der Waals surface area contributed by atoms with Crippen molar-refractivity contribution in [2.45, 2.75) is 6.10 Å². The van der Waals surface area contributed by atoms with Crippen LogP contribution < -0.4 is 9.47 Å². The first-order chi connectivity index (χ1) is 11.1. The number of ether oxygens (including phenoxy) is 2. The number of phenols is 1. The van der Waals surface area contributed by atoms with Crippen LogP contribution >= 0.6 is 0 Å². The lowest BCUT2D eigenvalue weighted by Crippen LogP contribution is -2.35. The molecule has 2 rings (SSSR count). The van der Waals surface area contributed by atoms with Crippen LogP contribution in [0.5, 0.6) is 17.2 Å². The number of hydrogen-bond acceptors (Lipinski definition) is 5. The van der Waals surface area contributed by atoms with Gasteiger partial charge < -0.3 is 24.6 Å². The maximum atomic E-state index is 9.99. The quantitative estimate of drug-likeness (QED) is 0.742. The van der Waals surface area contributed by atoms with E-state index in [-0.39, 0.29) is 12.4 Å². The maximum absolute atomic E-state index is 9.99. The molecule has 1 atom stereocenters. The number of hydrogen-bond donors (Lipinski definition) is 2. The van der Waals surface area contributed by atoms with E-state index in [9.17, 15) is 10.2 Å². The monoisotopic (exact) mass is 317 g/mol. The average molecular weight is 317 g/mol. The third kappa shape index (κ3) is 6.59. The van der Waals surface area contributed by atoms with E-state index in [0.29, 0.717) is 25.4 Å². The summed E-state index contributed by atoms with van der Waals surface area (Å²) in [6, 6.07) is 16.1. The van der Waals surface area contributed by atoms with E-state index < -0.39 is 6.10 Å². The van der Waals surface area contributed by atoms with Crippen LogP contribution in [0.2, 0.25) is 0 Å². The minimum atomic E-state index is -0.592. The predicted molar refractivity (Wildman–Crippen MR) is 89.0 cm³/mol. The van der Waals surface area contributed by atoms with Gasteiger partial charge in [0, 0.05) is 13.1 Å². The molecule has 124 valence electrons. The molecule has 0 saturated carbocycles. The molecule has 0 spiro atoms. The van der Waals surface area contributed by atoms with Crippen LogP contribution in [0.3, 0.4) is 0 Å². The summed E-state index contributed by atoms with van der Waals surface area (Å²) in [4.78, 5) is 1.99. The number of nitrogens with zero attached hydrogens (tertiary/aromatic N) is 1. The van der Waals surface area contributed by atoms with Gasteiger partial charge in [0.15, 0.2) is 0 Å². The lowest BCUT2D eigenvalue weighted by molar-refractivity contribution is 0.0723. The number of aliphatic hydroxyl groups excluding tert-OH is 1. The molecule has 0 bridgehead atoms. The Morgan fingerprint density at radius 1 is 0.957 bits per heavy atom. The molecule has 0 aliphatic rings. The number of benzene rings is 2. The fourth-order valence-electron chi connectivity index (χ4n) is 2.07. The van der Waals surface area contributed by atoms with Crippen LogP contribution in [-0.2, 0) is 0 Å². The molecule has 0 heterocycles. The highest BCUT2D eigenvalue weighted by Gasteiger charge is 2.09. The number of para-hydroxylation sites is 1. The second-order valence-electron chi connectivity index (χ2n) is 5.38. The van der Waals surface area contributed by atoms with Gasteiger partial charge in [0.25, 0.3) is 0 Å². The average Bonchev–Trinajstić information content (AvgIpc) is 2.55. The number of aromatic hydroxyl groups is 1. The van der Waals surface area contributed by atoms with Crippen LogP contribution in [0.1, 0.15) is 0 Å². The van der Waals surface area contributed by atoms with Gasteiger partial charge in [-0.05, 0) is 43.4 Å². The van der Waals surface area contributed by atoms with Gasteiger partial charge in [-0.25, -0.2) is 0 Å². The molecule has 0 saturated heterocycles. The lowest BCUT2D eigenvalue weighted by Gasteiger charge is -2.20. The molecule has 2 N–H and O–H groups in total. The normalized spacial score (nSPS) is 12.1. The zero-order valence-electron chi connectivity index (χ0n) is 13.3. The molecule has 0 fully saturated rings. The Kier molecular flexibility index (Phi) is 6.72. The molecule has 2 aromatic carbocycles. The van der Waals surface area contributed by atoms with Crippen molar-refractivity contribution < 1.29 is 19.7 Å². The number of phenolic OH excluding ortho intramolecular Hbond substituents is 1. The summed E-state index contributed by atoms with van der Waals surface area (Å²) in [6.07, 6.45) is -0.592. The minimum Gasteiger partial charge on any atom is -0.508 e. The molecule has 0 aliphatic heterocycles. The van der Waals surface area contributed by atoms with Crippen molar-refractivity contribution in [1.29, 1.82) is 0 Å². The number of aliphatic hydroxyl groups is 1. The molecular weight excluding hydrogens is 294 g/mol. The molecule has 0 aromatic heterocycles. The van der Waals surface area contributed by atoms with E-state index in [0.717, 1.165) is 5.75 Å². The summed E-state index contributed by atoms with van der Waals surface area (Å²) in [5.74, 6) is 1.66. The Morgan fingerprint density at radius 2 is 1.61 bits per heavy atom. The highest BCUT2D eigenvalue weighted by Crippen LogP contribution is 2.16. The molecular formula is C18H23NO4. The Hall–Kier alpha value is -2.24. The van der Waals surface area contributed by atoms with E-state index in [4.69, 9.17) is 9.47 Å². The molecule has 5 heteroatoms. The van der Waals surface area contributed by atoms with Gasteiger partial charge in [-0.3, -0.25) is 0 Å². The zero-order chi connectivity index (χ0) is 16.5. The summed E-state index contributed by atoms with van der Waals surface area (Å²) >= 11 is 0. The highest BCUT2D eigenvalue weighted by molar-refractivity contribution is 5.30. The van der Waals surface area contributed by atoms with Crippen LogP contribution in [0, 0.1) is 0 Å². The number of likely N-dealkylation sites (N-methyl/N-ethyl adjacent to an activating group) is 1. The first-order valence-electron chi connectivity index (χ1n) is 7.60. The van der Waals surface area contributed by atoms with Crippen molar-refractivity contribution in [2.75, 3.05) is 33.4 Å². The lowest BCUT2D eigenvalue weighted by atomic mass is 10.3. The Morgan fingerprint density at radius 3 is 2.30 bits per heavy atom. The van der Waals surface area contributed by atoms with E-state index in [1.54, 1.807) is 24.3 Å². The van der Waals surface area contributed by atoms with E-state index in [1.165, 1.54) is 0 Å². The highest BCUT2D eigenvalue weighted by atomic mass is 16.5. The van der Waals surface area contributed by atoms with E-state index in [1.807, 2.05) is 42.3 Å². The van der Waals surface area contributed by atoms with Crippen molar-refractivity contribution in [3.05, 3.63) is 54.6 Å². The van der Waals surface area contributed by atoms with Crippen LogP contribution in [0.15, 0.2) is 54.6 Å². The summed E-state index contributed by atoms with van der Waals surface area (Å²) in [7, 11) is 1.93. The van der Waals surface area contributed by atoms with Gasteiger partial charge in [-0.1, -0.05) is 18.2 Å². The smallest absolute Gasteiger partial charge is 0.119 e. The van der Waals surface area contributed by atoms with Gasteiger partial charge in [0.05, 0.1) is 0 Å². The van der Waals surface area contributed by atoms with Gasteiger partial charge in [-0.2, -0.15) is 0 Å². The van der Waals surface area contributed by atoms with Crippen LogP contribution in [0.25, 0.3) is 0 Å². The predicted octanol–water partition coefficient (Wildman–Crippen LogP) is 2.14. The van der Waals surface area contributed by atoms with Crippen molar-refractivity contribution >= 4 is 0 Å². The summed E-state index contributed by atoms with van der Waals surface area (Å²) in [6.45, 7) is 1.97. The van der Waals surface area contributed by atoms with Crippen LogP contribution in [0.4, 0.5) is 0 Å². The molecule has 0 radical (unpaired) electrons. The van der Waals surface area contributed by atoms with Gasteiger partial charge >= 0.3 is 0 Å². The fourth-order valence-corrected chi connectivity index (χ4v) is 2.07. The van der Waals surface area contributed by atoms with Gasteiger partial charge in [0.2, 0.25) is 0 Å². The number of rotatable bonds is 9. The molecule has 23 heavy (non-hydrogen) atoms. The van der Waals surface area contributed by atoms with E-state index in [2.05, 4.69) is 0 Å². The SMILES string of the molecule is CN(CCOc1ccccc1)CC(O)COc1ccc(O)cc1. The molecule has 5 nitrogen and oxygen atoms in total. The molecule has 2 aromatic rings. The van der Waals surface area contributed by atoms with Crippen molar-refractivity contribution in [2.24, 2.45) is 0 Å². The summed E-state index contributed by atoms with van der Waals surface area (Å²) < 4.78 is 11.1. The Bertz CT molecular complexity index is 559. The first kappa shape index (κ1) is 17.1. The second kappa shape index (κ2) is 9.02. The molecule has 1 unspecified atom stereocenters. The standard InChI is InChI=1S/C18H23NO4/c1-19(11-12-22-17-5-3-2-4-6-17)13-16(21)14-23-18-9-7-15(20)8-10-18/h2-10,16,20-21H,11-14H2,1H3. The third-order valence-electron chi connectivity index (χ3n) is 3.29. The molecule has 0 amide bonds. The fraction of sp³-hybridized carbons (Fsp3) is 0.333. The van der Waals surface area contributed by atoms with Crippen LogP contribution in [-0.4, -0.2) is 54.6 Å². The topological polar surface area (TPSA) is 62.2 Å². The van der Waals surface area contributed by atoms with Gasteiger partial charge in [-0.15, -0.1) is 0 Å².